The summed E-state index contributed by atoms with van der Waals surface area (Å²) >= 11 is 0. The lowest BCUT2D eigenvalue weighted by Crippen LogP contribution is -2.27. The average molecular weight is 243 g/mol. The van der Waals surface area contributed by atoms with Gasteiger partial charge in [-0.05, 0) is 38.9 Å². The molecule has 0 atom stereocenters. The van der Waals surface area contributed by atoms with Gasteiger partial charge in [-0.15, -0.1) is 0 Å². The number of nitrogens with zero attached hydrogens (tertiary/aromatic N) is 3. The molecule has 2 N–H and O–H groups in total. The van der Waals surface area contributed by atoms with Crippen LogP contribution in [0.5, 0.6) is 0 Å². The third-order valence-electron chi connectivity index (χ3n) is 3.38. The van der Waals surface area contributed by atoms with Gasteiger partial charge in [0, 0.05) is 17.8 Å². The molecule has 0 aliphatic carbocycles. The second-order valence-electron chi connectivity index (χ2n) is 4.79. The Labute approximate surface area is 106 Å². The van der Waals surface area contributed by atoms with Gasteiger partial charge in [0.15, 0.2) is 0 Å². The summed E-state index contributed by atoms with van der Waals surface area (Å²) < 4.78 is 0. The fourth-order valence-corrected chi connectivity index (χ4v) is 2.37. The Morgan fingerprint density at radius 3 is 2.72 bits per heavy atom. The van der Waals surface area contributed by atoms with E-state index in [1.807, 2.05) is 19.2 Å². The Hall–Kier alpha value is -1.75. The summed E-state index contributed by atoms with van der Waals surface area (Å²) in [5, 5.41) is 10.5. The van der Waals surface area contributed by atoms with Crippen molar-refractivity contribution in [2.24, 2.45) is 0 Å². The second-order valence-corrected chi connectivity index (χ2v) is 4.79. The zero-order valence-electron chi connectivity index (χ0n) is 10.5. The van der Waals surface area contributed by atoms with Crippen LogP contribution in [-0.4, -0.2) is 33.3 Å². The normalized spacial score (nSPS) is 16.9. The highest BCUT2D eigenvalue weighted by atomic mass is 15.1. The van der Waals surface area contributed by atoms with Crippen LogP contribution >= 0.6 is 0 Å². The van der Waals surface area contributed by atoms with E-state index in [2.05, 4.69) is 20.5 Å². The molecule has 1 saturated heterocycles. The smallest absolute Gasteiger partial charge is 0.112 e. The molecule has 3 rings (SSSR count). The van der Waals surface area contributed by atoms with Crippen molar-refractivity contribution in [3.8, 4) is 11.4 Å². The van der Waals surface area contributed by atoms with E-state index in [4.69, 9.17) is 4.98 Å². The van der Waals surface area contributed by atoms with Gasteiger partial charge in [0.1, 0.15) is 11.4 Å². The van der Waals surface area contributed by atoms with Crippen LogP contribution in [0.15, 0.2) is 18.5 Å². The van der Waals surface area contributed by atoms with Crippen LogP contribution in [0.1, 0.15) is 30.1 Å². The highest BCUT2D eigenvalue weighted by Gasteiger charge is 2.17. The first-order valence-corrected chi connectivity index (χ1v) is 6.38. The van der Waals surface area contributed by atoms with Crippen LogP contribution in [0.25, 0.3) is 11.4 Å². The molecule has 3 heterocycles. The third-order valence-corrected chi connectivity index (χ3v) is 3.38. The first kappa shape index (κ1) is 11.3. The quantitative estimate of drug-likeness (QED) is 0.841. The Morgan fingerprint density at radius 2 is 2.00 bits per heavy atom. The standard InChI is InChI=1S/C13H17N5/c1-9-6-11(18-17-9)13-8-15-7-12(16-13)10-2-4-14-5-3-10/h6-8,10,14H,2-5H2,1H3,(H,17,18). The van der Waals surface area contributed by atoms with Gasteiger partial charge in [0.2, 0.25) is 0 Å². The predicted octanol–water partition coefficient (Wildman–Crippen LogP) is 1.64. The predicted molar refractivity (Wildman–Crippen MR) is 69.2 cm³/mol. The Bertz CT molecular complexity index is 528. The van der Waals surface area contributed by atoms with E-state index < -0.39 is 0 Å². The topological polar surface area (TPSA) is 66.5 Å². The summed E-state index contributed by atoms with van der Waals surface area (Å²) in [6.07, 6.45) is 5.94. The van der Waals surface area contributed by atoms with Crippen LogP contribution in [0.3, 0.4) is 0 Å². The van der Waals surface area contributed by atoms with Crippen molar-refractivity contribution >= 4 is 0 Å². The van der Waals surface area contributed by atoms with Gasteiger partial charge in [-0.1, -0.05) is 0 Å². The maximum Gasteiger partial charge on any atom is 0.112 e. The van der Waals surface area contributed by atoms with Crippen molar-refractivity contribution in [1.29, 1.82) is 0 Å². The van der Waals surface area contributed by atoms with Crippen molar-refractivity contribution in [2.75, 3.05) is 13.1 Å². The molecule has 1 aliphatic rings. The molecule has 94 valence electrons. The van der Waals surface area contributed by atoms with Gasteiger partial charge in [-0.3, -0.25) is 10.1 Å². The molecule has 5 heteroatoms. The molecular formula is C13H17N5. The van der Waals surface area contributed by atoms with E-state index in [0.29, 0.717) is 5.92 Å². The van der Waals surface area contributed by atoms with Crippen LogP contribution in [0.4, 0.5) is 0 Å². The van der Waals surface area contributed by atoms with Crippen LogP contribution in [0, 0.1) is 6.92 Å². The number of aromatic nitrogens is 4. The maximum absolute atomic E-state index is 4.71. The van der Waals surface area contributed by atoms with Crippen LogP contribution in [0.2, 0.25) is 0 Å². The first-order valence-electron chi connectivity index (χ1n) is 6.38. The minimum atomic E-state index is 0.527. The first-order chi connectivity index (χ1) is 8.83. The molecule has 5 nitrogen and oxygen atoms in total. The number of H-pyrrole nitrogens is 1. The van der Waals surface area contributed by atoms with Crippen LogP contribution in [-0.2, 0) is 0 Å². The minimum Gasteiger partial charge on any atom is -0.317 e. The molecule has 0 spiro atoms. The van der Waals surface area contributed by atoms with E-state index in [0.717, 1.165) is 48.7 Å². The monoisotopic (exact) mass is 243 g/mol. The van der Waals surface area contributed by atoms with Crippen molar-refractivity contribution in [2.45, 2.75) is 25.7 Å². The number of aryl methyl sites for hydroxylation is 1. The fraction of sp³-hybridized carbons (Fsp3) is 0.462. The van der Waals surface area contributed by atoms with Gasteiger partial charge in [0.25, 0.3) is 0 Å². The van der Waals surface area contributed by atoms with E-state index in [-0.39, 0.29) is 0 Å². The largest absolute Gasteiger partial charge is 0.317 e. The second kappa shape index (κ2) is 4.86. The van der Waals surface area contributed by atoms with Crippen molar-refractivity contribution < 1.29 is 0 Å². The highest BCUT2D eigenvalue weighted by Crippen LogP contribution is 2.24. The van der Waals surface area contributed by atoms with E-state index in [1.54, 1.807) is 6.20 Å². The number of nitrogens with one attached hydrogen (secondary N) is 2. The summed E-state index contributed by atoms with van der Waals surface area (Å²) in [6.45, 7) is 4.12. The lowest BCUT2D eigenvalue weighted by atomic mass is 9.95. The lowest BCUT2D eigenvalue weighted by molar-refractivity contribution is 0.452. The van der Waals surface area contributed by atoms with Gasteiger partial charge in [-0.2, -0.15) is 5.10 Å². The molecule has 1 aliphatic heterocycles. The van der Waals surface area contributed by atoms with E-state index in [1.165, 1.54) is 0 Å². The lowest BCUT2D eigenvalue weighted by Gasteiger charge is -2.21. The number of piperidine rings is 1. The van der Waals surface area contributed by atoms with Gasteiger partial charge in [-0.25, -0.2) is 4.98 Å². The third kappa shape index (κ3) is 2.26. The summed E-state index contributed by atoms with van der Waals surface area (Å²) in [6, 6.07) is 2.00. The highest BCUT2D eigenvalue weighted by molar-refractivity contribution is 5.52. The molecule has 0 bridgehead atoms. The average Bonchev–Trinajstić information content (AvgIpc) is 2.87. The Kier molecular flexibility index (Phi) is 3.06. The van der Waals surface area contributed by atoms with E-state index in [9.17, 15) is 0 Å². The summed E-state index contributed by atoms with van der Waals surface area (Å²) in [4.78, 5) is 9.02. The summed E-state index contributed by atoms with van der Waals surface area (Å²) in [5.41, 5.74) is 3.86. The minimum absolute atomic E-state index is 0.527. The number of hydrogen-bond donors (Lipinski definition) is 2. The summed E-state index contributed by atoms with van der Waals surface area (Å²) in [5.74, 6) is 0.527. The zero-order valence-corrected chi connectivity index (χ0v) is 10.5. The van der Waals surface area contributed by atoms with Crippen molar-refractivity contribution in [3.63, 3.8) is 0 Å². The number of rotatable bonds is 2. The number of aromatic amines is 1. The SMILES string of the molecule is Cc1cc(-c2cncc(C3CCNCC3)n2)n[nH]1. The molecule has 0 radical (unpaired) electrons. The molecule has 1 fully saturated rings. The Morgan fingerprint density at radius 1 is 1.17 bits per heavy atom. The molecule has 0 saturated carbocycles. The fourth-order valence-electron chi connectivity index (χ4n) is 2.37. The molecular weight excluding hydrogens is 226 g/mol. The molecule has 2 aromatic rings. The van der Waals surface area contributed by atoms with Gasteiger partial charge >= 0.3 is 0 Å². The van der Waals surface area contributed by atoms with Crippen molar-refractivity contribution in [1.82, 2.24) is 25.5 Å². The van der Waals surface area contributed by atoms with Crippen molar-refractivity contribution in [3.05, 3.63) is 29.8 Å². The maximum atomic E-state index is 4.71. The zero-order chi connectivity index (χ0) is 12.4. The van der Waals surface area contributed by atoms with Gasteiger partial charge in [0.05, 0.1) is 11.9 Å². The van der Waals surface area contributed by atoms with E-state index >= 15 is 0 Å². The summed E-state index contributed by atoms with van der Waals surface area (Å²) in [7, 11) is 0. The molecule has 0 unspecified atom stereocenters. The molecule has 2 aromatic heterocycles. The van der Waals surface area contributed by atoms with Gasteiger partial charge < -0.3 is 5.32 Å². The molecule has 0 amide bonds. The van der Waals surface area contributed by atoms with Crippen LogP contribution < -0.4 is 5.32 Å². The Balaban J connectivity index is 1.88. The molecule has 18 heavy (non-hydrogen) atoms. The number of hydrogen-bond acceptors (Lipinski definition) is 4. The molecule has 0 aromatic carbocycles.